The van der Waals surface area contributed by atoms with Crippen LogP contribution >= 0.6 is 23.1 Å². The number of carbonyl (C=O) groups excluding carboxylic acids is 3. The van der Waals surface area contributed by atoms with E-state index in [1.165, 1.54) is 52.3 Å². The van der Waals surface area contributed by atoms with Crippen molar-refractivity contribution in [1.29, 1.82) is 0 Å². The first kappa shape index (κ1) is 20.3. The zero-order valence-corrected chi connectivity index (χ0v) is 18.2. The van der Waals surface area contributed by atoms with Gasteiger partial charge in [0, 0.05) is 5.56 Å². The summed E-state index contributed by atoms with van der Waals surface area (Å²) in [4.78, 5) is 43.9. The molecule has 0 radical (unpaired) electrons. The van der Waals surface area contributed by atoms with Gasteiger partial charge in [0.1, 0.15) is 5.82 Å². The summed E-state index contributed by atoms with van der Waals surface area (Å²) in [6.45, 7) is 0. The average molecular weight is 455 g/mol. The topological polar surface area (TPSA) is 67.3 Å². The van der Waals surface area contributed by atoms with Crippen LogP contribution in [0.15, 0.2) is 46.8 Å². The number of halogens is 1. The lowest BCUT2D eigenvalue weighted by Gasteiger charge is -2.19. The number of anilines is 1. The average Bonchev–Trinajstić information content (AvgIpc) is 3.30. The summed E-state index contributed by atoms with van der Waals surface area (Å²) >= 11 is 2.75. The van der Waals surface area contributed by atoms with E-state index in [0.29, 0.717) is 11.3 Å². The summed E-state index contributed by atoms with van der Waals surface area (Å²) < 4.78 is 14.6. The maximum atomic E-state index is 13.0. The van der Waals surface area contributed by atoms with Gasteiger partial charge in [-0.05, 0) is 55.3 Å². The zero-order chi connectivity index (χ0) is 21.5. The molecule has 1 aromatic heterocycles. The number of thiazole rings is 1. The SMILES string of the molecule is O=C(CSc1nc2ccc(N3C(=O)[C@H]4CCCC[C@H]4C3=O)cc2s1)c1ccc(F)cc1. The van der Waals surface area contributed by atoms with Crippen LogP contribution in [-0.2, 0) is 9.59 Å². The summed E-state index contributed by atoms with van der Waals surface area (Å²) in [7, 11) is 0. The number of thioether (sulfide) groups is 1. The van der Waals surface area contributed by atoms with Crippen molar-refractivity contribution >= 4 is 56.6 Å². The van der Waals surface area contributed by atoms with E-state index in [4.69, 9.17) is 0 Å². The highest BCUT2D eigenvalue weighted by atomic mass is 32.2. The van der Waals surface area contributed by atoms with E-state index in [0.717, 1.165) is 40.2 Å². The largest absolute Gasteiger partial charge is 0.293 e. The third-order valence-electron chi connectivity index (χ3n) is 5.94. The van der Waals surface area contributed by atoms with Crippen molar-refractivity contribution in [3.05, 3.63) is 53.8 Å². The van der Waals surface area contributed by atoms with Gasteiger partial charge in [0.2, 0.25) is 11.8 Å². The molecule has 8 heteroatoms. The van der Waals surface area contributed by atoms with Gasteiger partial charge in [0.15, 0.2) is 10.1 Å². The van der Waals surface area contributed by atoms with E-state index >= 15 is 0 Å². The predicted octanol–water partition coefficient (Wildman–Crippen LogP) is 5.09. The lowest BCUT2D eigenvalue weighted by molar-refractivity contribution is -0.122. The molecule has 2 aliphatic rings. The van der Waals surface area contributed by atoms with Crippen molar-refractivity contribution in [2.45, 2.75) is 30.0 Å². The first-order valence-electron chi connectivity index (χ1n) is 10.2. The molecular weight excluding hydrogens is 435 g/mol. The predicted molar refractivity (Wildman–Crippen MR) is 119 cm³/mol. The quantitative estimate of drug-likeness (QED) is 0.305. The molecule has 1 saturated heterocycles. The van der Waals surface area contributed by atoms with Crippen molar-refractivity contribution in [3.8, 4) is 0 Å². The van der Waals surface area contributed by atoms with Gasteiger partial charge in [-0.25, -0.2) is 9.37 Å². The van der Waals surface area contributed by atoms with Crippen LogP contribution < -0.4 is 4.90 Å². The fourth-order valence-corrected chi connectivity index (χ4v) is 6.35. The summed E-state index contributed by atoms with van der Waals surface area (Å²) in [5.41, 5.74) is 1.83. The summed E-state index contributed by atoms with van der Waals surface area (Å²) in [5, 5.41) is 0. The highest BCUT2D eigenvalue weighted by Gasteiger charge is 2.48. The van der Waals surface area contributed by atoms with Crippen molar-refractivity contribution in [2.75, 3.05) is 10.7 Å². The number of amides is 2. The normalized spacial score (nSPS) is 21.0. The number of nitrogens with zero attached hydrogens (tertiary/aromatic N) is 2. The molecule has 5 nitrogen and oxygen atoms in total. The molecule has 3 aromatic rings. The maximum absolute atomic E-state index is 13.0. The standard InChI is InChI=1S/C23H19FN2O3S2/c24-14-7-5-13(6-8-14)19(27)12-30-23-25-18-10-9-15(11-20(18)31-23)26-21(28)16-3-1-2-4-17(16)22(26)29/h5-11,16-17H,1-4,12H2/t16-,17+. The molecule has 0 spiro atoms. The molecule has 2 heterocycles. The second-order valence-electron chi connectivity index (χ2n) is 7.86. The smallest absolute Gasteiger partial charge is 0.237 e. The fraction of sp³-hybridized carbons (Fsp3) is 0.304. The van der Waals surface area contributed by atoms with Gasteiger partial charge < -0.3 is 0 Å². The molecule has 2 amide bonds. The van der Waals surface area contributed by atoms with E-state index in [9.17, 15) is 18.8 Å². The van der Waals surface area contributed by atoms with Crippen LogP contribution in [0, 0.1) is 17.7 Å². The first-order valence-corrected chi connectivity index (χ1v) is 12.0. The fourth-order valence-electron chi connectivity index (χ4n) is 4.36. The maximum Gasteiger partial charge on any atom is 0.237 e. The molecule has 0 N–H and O–H groups in total. The third-order valence-corrected chi connectivity index (χ3v) is 8.11. The summed E-state index contributed by atoms with van der Waals surface area (Å²) in [5.74, 6) is -0.800. The Morgan fingerprint density at radius 3 is 2.42 bits per heavy atom. The van der Waals surface area contributed by atoms with Crippen LogP contribution in [0.5, 0.6) is 0 Å². The Morgan fingerprint density at radius 2 is 1.74 bits per heavy atom. The Bertz CT molecular complexity index is 1170. The van der Waals surface area contributed by atoms with Crippen LogP contribution in [-0.4, -0.2) is 28.3 Å². The van der Waals surface area contributed by atoms with Gasteiger partial charge in [0.25, 0.3) is 0 Å². The lowest BCUT2D eigenvalue weighted by Crippen LogP contribution is -2.30. The monoisotopic (exact) mass is 454 g/mol. The summed E-state index contributed by atoms with van der Waals surface area (Å²) in [6, 6.07) is 10.9. The molecule has 0 unspecified atom stereocenters. The van der Waals surface area contributed by atoms with E-state index in [2.05, 4.69) is 4.98 Å². The molecule has 158 valence electrons. The molecule has 1 saturated carbocycles. The van der Waals surface area contributed by atoms with Crippen LogP contribution in [0.4, 0.5) is 10.1 Å². The van der Waals surface area contributed by atoms with E-state index in [-0.39, 0.29) is 41.0 Å². The molecule has 1 aliphatic heterocycles. The van der Waals surface area contributed by atoms with Crippen molar-refractivity contribution in [1.82, 2.24) is 4.98 Å². The van der Waals surface area contributed by atoms with Crippen LogP contribution in [0.3, 0.4) is 0 Å². The number of aromatic nitrogens is 1. The molecule has 5 rings (SSSR count). The van der Waals surface area contributed by atoms with Gasteiger partial charge in [-0.3, -0.25) is 19.3 Å². The van der Waals surface area contributed by atoms with Crippen molar-refractivity contribution < 1.29 is 18.8 Å². The van der Waals surface area contributed by atoms with Crippen molar-refractivity contribution in [2.24, 2.45) is 11.8 Å². The molecule has 31 heavy (non-hydrogen) atoms. The van der Waals surface area contributed by atoms with Crippen LogP contribution in [0.25, 0.3) is 10.2 Å². The van der Waals surface area contributed by atoms with Crippen LogP contribution in [0.2, 0.25) is 0 Å². The molecule has 2 aromatic carbocycles. The van der Waals surface area contributed by atoms with E-state index in [1.807, 2.05) is 12.1 Å². The Kier molecular flexibility index (Phi) is 5.35. The van der Waals surface area contributed by atoms with Crippen LogP contribution in [0.1, 0.15) is 36.0 Å². The minimum Gasteiger partial charge on any atom is -0.293 e. The molecule has 2 atom stereocenters. The van der Waals surface area contributed by atoms with Gasteiger partial charge in [-0.1, -0.05) is 24.6 Å². The Balaban J connectivity index is 1.33. The second kappa shape index (κ2) is 8.16. The molecule has 0 bridgehead atoms. The van der Waals surface area contributed by atoms with E-state index in [1.54, 1.807) is 6.07 Å². The number of carbonyl (C=O) groups is 3. The number of ketones is 1. The minimum absolute atomic E-state index is 0.0851. The second-order valence-corrected chi connectivity index (χ2v) is 10.1. The van der Waals surface area contributed by atoms with Gasteiger partial charge in [0.05, 0.1) is 33.5 Å². The van der Waals surface area contributed by atoms with Gasteiger partial charge in [-0.15, -0.1) is 11.3 Å². The number of fused-ring (bicyclic) bond motifs is 2. The van der Waals surface area contributed by atoms with Gasteiger partial charge >= 0.3 is 0 Å². The third kappa shape index (κ3) is 3.78. The van der Waals surface area contributed by atoms with E-state index < -0.39 is 0 Å². The summed E-state index contributed by atoms with van der Waals surface area (Å²) in [6.07, 6.45) is 3.58. The highest BCUT2D eigenvalue weighted by Crippen LogP contribution is 2.41. The minimum atomic E-state index is -0.375. The Hall–Kier alpha value is -2.58. The number of hydrogen-bond donors (Lipinski definition) is 0. The lowest BCUT2D eigenvalue weighted by atomic mass is 9.81. The highest BCUT2D eigenvalue weighted by molar-refractivity contribution is 8.01. The number of Topliss-reactive ketones (excluding diaryl/α,β-unsaturated/α-hetero) is 1. The number of rotatable bonds is 5. The first-order chi connectivity index (χ1) is 15.0. The number of benzene rings is 2. The Morgan fingerprint density at radius 1 is 1.06 bits per heavy atom. The van der Waals surface area contributed by atoms with Crippen molar-refractivity contribution in [3.63, 3.8) is 0 Å². The van der Waals surface area contributed by atoms with Gasteiger partial charge in [-0.2, -0.15) is 0 Å². The number of hydrogen-bond acceptors (Lipinski definition) is 6. The molecular formula is C23H19FN2O3S2. The number of imide groups is 1. The molecule has 1 aliphatic carbocycles. The molecule has 2 fully saturated rings. The Labute approximate surface area is 186 Å². The zero-order valence-electron chi connectivity index (χ0n) is 16.5.